The van der Waals surface area contributed by atoms with Gasteiger partial charge in [0.15, 0.2) is 23.0 Å². The smallest absolute Gasteiger partial charge is 0.247 e. The third kappa shape index (κ3) is 3.45. The Morgan fingerprint density at radius 1 is 0.829 bits per heavy atom. The second-order valence-corrected chi connectivity index (χ2v) is 7.94. The van der Waals surface area contributed by atoms with Gasteiger partial charge in [0.1, 0.15) is 0 Å². The van der Waals surface area contributed by atoms with Crippen molar-refractivity contribution in [2.24, 2.45) is 0 Å². The van der Waals surface area contributed by atoms with Gasteiger partial charge in [-0.25, -0.2) is 4.98 Å². The predicted molar refractivity (Wildman–Crippen MR) is 135 cm³/mol. The van der Waals surface area contributed by atoms with E-state index in [2.05, 4.69) is 49.6 Å². The summed E-state index contributed by atoms with van der Waals surface area (Å²) in [6.45, 7) is 0. The van der Waals surface area contributed by atoms with Crippen molar-refractivity contribution in [1.29, 1.82) is 0 Å². The van der Waals surface area contributed by atoms with Crippen molar-refractivity contribution in [2.45, 2.75) is 0 Å². The molecule has 0 amide bonds. The summed E-state index contributed by atoms with van der Waals surface area (Å²) in [4.78, 5) is 12.6. The molecule has 0 spiro atoms. The molecule has 3 aromatic heterocycles. The van der Waals surface area contributed by atoms with Crippen LogP contribution in [0.2, 0.25) is 0 Å². The minimum absolute atomic E-state index is 0.460. The van der Waals surface area contributed by atoms with Crippen molar-refractivity contribution in [1.82, 2.24) is 24.6 Å². The number of nitrogens with one attached hydrogen (secondary N) is 2. The van der Waals surface area contributed by atoms with E-state index < -0.39 is 0 Å². The molecule has 9 nitrogen and oxygen atoms in total. The van der Waals surface area contributed by atoms with Crippen molar-refractivity contribution in [3.63, 3.8) is 0 Å². The van der Waals surface area contributed by atoms with Crippen LogP contribution in [0.15, 0.2) is 66.9 Å². The SMILES string of the molecule is COc1cc(-c2nccc3nc(Nc4ccc5c(c4)[nH]c4ccccc45)nn23)cc(OC)c1OC. The zero-order valence-corrected chi connectivity index (χ0v) is 19.4. The van der Waals surface area contributed by atoms with Gasteiger partial charge in [-0.3, -0.25) is 0 Å². The molecule has 0 radical (unpaired) electrons. The molecule has 35 heavy (non-hydrogen) atoms. The third-order valence-electron chi connectivity index (χ3n) is 5.94. The summed E-state index contributed by atoms with van der Waals surface area (Å²) < 4.78 is 18.1. The molecule has 174 valence electrons. The standard InChI is InChI=1S/C26H22N6O3/c1-33-21-12-15(13-22(34-2)24(21)35-3)25-27-11-10-23-30-26(31-32(23)25)28-16-8-9-18-17-6-4-5-7-19(17)29-20(18)14-16/h4-14,29H,1-3H3,(H,28,31). The zero-order chi connectivity index (χ0) is 23.9. The van der Waals surface area contributed by atoms with Crippen LogP contribution in [0.3, 0.4) is 0 Å². The first-order valence-electron chi connectivity index (χ1n) is 11.0. The summed E-state index contributed by atoms with van der Waals surface area (Å²) in [5.41, 5.74) is 4.42. The highest BCUT2D eigenvalue weighted by Crippen LogP contribution is 2.40. The number of methoxy groups -OCH3 is 3. The lowest BCUT2D eigenvalue weighted by molar-refractivity contribution is 0.324. The van der Waals surface area contributed by atoms with Crippen molar-refractivity contribution < 1.29 is 14.2 Å². The van der Waals surface area contributed by atoms with E-state index in [1.165, 1.54) is 10.8 Å². The third-order valence-corrected chi connectivity index (χ3v) is 5.94. The summed E-state index contributed by atoms with van der Waals surface area (Å²) in [6.07, 6.45) is 1.70. The summed E-state index contributed by atoms with van der Waals surface area (Å²) in [5.74, 6) is 2.63. The van der Waals surface area contributed by atoms with Gasteiger partial charge in [-0.15, -0.1) is 5.10 Å². The fraction of sp³-hybridized carbons (Fsp3) is 0.115. The van der Waals surface area contributed by atoms with E-state index in [1.54, 1.807) is 38.1 Å². The molecule has 0 unspecified atom stereocenters. The summed E-state index contributed by atoms with van der Waals surface area (Å²) in [7, 11) is 4.73. The van der Waals surface area contributed by atoms with E-state index in [1.807, 2.05) is 30.3 Å². The Kier molecular flexibility index (Phi) is 4.88. The van der Waals surface area contributed by atoms with Gasteiger partial charge in [-0.1, -0.05) is 24.3 Å². The van der Waals surface area contributed by atoms with E-state index in [9.17, 15) is 0 Å². The van der Waals surface area contributed by atoms with Crippen LogP contribution in [-0.4, -0.2) is 45.9 Å². The molecule has 6 aromatic rings. The highest BCUT2D eigenvalue weighted by Gasteiger charge is 2.18. The number of aromatic nitrogens is 5. The Morgan fingerprint density at radius 3 is 2.37 bits per heavy atom. The summed E-state index contributed by atoms with van der Waals surface area (Å²) in [5, 5.41) is 10.3. The van der Waals surface area contributed by atoms with Gasteiger partial charge >= 0.3 is 0 Å². The fourth-order valence-electron chi connectivity index (χ4n) is 4.34. The Labute approximate surface area is 200 Å². The molecule has 0 bridgehead atoms. The highest BCUT2D eigenvalue weighted by atomic mass is 16.5. The lowest BCUT2D eigenvalue weighted by Crippen LogP contribution is -2.00. The number of aromatic amines is 1. The Hall–Kier alpha value is -4.79. The molecule has 3 heterocycles. The lowest BCUT2D eigenvalue weighted by Gasteiger charge is -2.14. The number of rotatable bonds is 6. The van der Waals surface area contributed by atoms with Crippen LogP contribution in [0, 0.1) is 0 Å². The van der Waals surface area contributed by atoms with Crippen LogP contribution in [0.1, 0.15) is 0 Å². The van der Waals surface area contributed by atoms with Gasteiger partial charge in [0, 0.05) is 45.3 Å². The second-order valence-electron chi connectivity index (χ2n) is 7.94. The molecule has 0 fully saturated rings. The Morgan fingerprint density at radius 2 is 1.60 bits per heavy atom. The van der Waals surface area contributed by atoms with Crippen LogP contribution >= 0.6 is 0 Å². The quantitative estimate of drug-likeness (QED) is 0.348. The second kappa shape index (κ2) is 8.21. The van der Waals surface area contributed by atoms with Gasteiger partial charge in [0.2, 0.25) is 11.7 Å². The van der Waals surface area contributed by atoms with Crippen LogP contribution in [0.25, 0.3) is 38.8 Å². The first kappa shape index (κ1) is 20.8. The van der Waals surface area contributed by atoms with Crippen molar-refractivity contribution in [2.75, 3.05) is 26.6 Å². The first-order chi connectivity index (χ1) is 17.2. The summed E-state index contributed by atoms with van der Waals surface area (Å²) in [6, 6.07) is 19.9. The van der Waals surface area contributed by atoms with E-state index in [-0.39, 0.29) is 0 Å². The van der Waals surface area contributed by atoms with Crippen molar-refractivity contribution >= 4 is 39.1 Å². The molecule has 0 aliphatic rings. The van der Waals surface area contributed by atoms with Gasteiger partial charge in [0.25, 0.3) is 0 Å². The number of anilines is 2. The van der Waals surface area contributed by atoms with E-state index >= 15 is 0 Å². The van der Waals surface area contributed by atoms with E-state index in [0.29, 0.717) is 34.7 Å². The molecule has 0 saturated carbocycles. The molecular weight excluding hydrogens is 444 g/mol. The topological polar surface area (TPSA) is 98.6 Å². The molecule has 9 heteroatoms. The number of hydrogen-bond donors (Lipinski definition) is 2. The molecule has 0 saturated heterocycles. The minimum atomic E-state index is 0.460. The average Bonchev–Trinajstić information content (AvgIpc) is 3.47. The van der Waals surface area contributed by atoms with Gasteiger partial charge in [-0.2, -0.15) is 9.50 Å². The largest absolute Gasteiger partial charge is 0.493 e. The van der Waals surface area contributed by atoms with E-state index in [0.717, 1.165) is 22.3 Å². The van der Waals surface area contributed by atoms with Crippen molar-refractivity contribution in [3.05, 3.63) is 66.9 Å². The summed E-state index contributed by atoms with van der Waals surface area (Å²) >= 11 is 0. The number of H-pyrrole nitrogens is 1. The monoisotopic (exact) mass is 466 g/mol. The molecule has 6 rings (SSSR count). The normalized spacial score (nSPS) is 11.3. The zero-order valence-electron chi connectivity index (χ0n) is 19.4. The van der Waals surface area contributed by atoms with Crippen molar-refractivity contribution in [3.8, 4) is 28.6 Å². The molecule has 2 N–H and O–H groups in total. The first-order valence-corrected chi connectivity index (χ1v) is 11.0. The number of nitrogens with zero attached hydrogens (tertiary/aromatic N) is 4. The molecule has 0 aliphatic heterocycles. The number of benzene rings is 3. The van der Waals surface area contributed by atoms with Gasteiger partial charge in [-0.05, 0) is 30.3 Å². The number of fused-ring (bicyclic) bond motifs is 4. The highest BCUT2D eigenvalue weighted by molar-refractivity contribution is 6.08. The number of hydrogen-bond acceptors (Lipinski definition) is 7. The predicted octanol–water partition coefficient (Wildman–Crippen LogP) is 5.20. The number of ether oxygens (including phenoxy) is 3. The maximum atomic E-state index is 5.50. The van der Waals surface area contributed by atoms with Crippen LogP contribution in [0.5, 0.6) is 17.2 Å². The van der Waals surface area contributed by atoms with Gasteiger partial charge < -0.3 is 24.5 Å². The maximum absolute atomic E-state index is 5.50. The minimum Gasteiger partial charge on any atom is -0.493 e. The average molecular weight is 467 g/mol. The van der Waals surface area contributed by atoms with Crippen LogP contribution in [0.4, 0.5) is 11.6 Å². The van der Waals surface area contributed by atoms with Crippen LogP contribution in [-0.2, 0) is 0 Å². The maximum Gasteiger partial charge on any atom is 0.247 e. The number of para-hydroxylation sites is 1. The van der Waals surface area contributed by atoms with Gasteiger partial charge in [0.05, 0.1) is 21.3 Å². The van der Waals surface area contributed by atoms with E-state index in [4.69, 9.17) is 14.2 Å². The molecule has 0 atom stereocenters. The fourth-order valence-corrected chi connectivity index (χ4v) is 4.34. The lowest BCUT2D eigenvalue weighted by atomic mass is 10.1. The molecular formula is C26H22N6O3. The molecule has 0 aliphatic carbocycles. The molecule has 3 aromatic carbocycles. The Bertz CT molecular complexity index is 1680. The van der Waals surface area contributed by atoms with Crippen LogP contribution < -0.4 is 19.5 Å². The Balaban J connectivity index is 1.40.